The number of aryl methyl sites for hydroxylation is 1. The lowest BCUT2D eigenvalue weighted by Gasteiger charge is -2.19. The summed E-state index contributed by atoms with van der Waals surface area (Å²) in [6, 6.07) is 6.87. The van der Waals surface area contributed by atoms with Crippen molar-refractivity contribution in [2.45, 2.75) is 18.9 Å². The molecule has 0 aliphatic heterocycles. The third-order valence-corrected chi connectivity index (χ3v) is 4.77. The van der Waals surface area contributed by atoms with Gasteiger partial charge in [-0.25, -0.2) is 4.39 Å². The molecule has 0 aliphatic rings. The molecule has 1 rings (SSSR count). The number of halogens is 1. The second-order valence-corrected chi connectivity index (χ2v) is 6.34. The monoisotopic (exact) mass is 244 g/mol. The van der Waals surface area contributed by atoms with Gasteiger partial charge >= 0.3 is 8.80 Å². The van der Waals surface area contributed by atoms with E-state index in [-0.39, 0.29) is 5.82 Å². The Morgan fingerprint density at radius 1 is 1.19 bits per heavy atom. The van der Waals surface area contributed by atoms with Gasteiger partial charge in [0.1, 0.15) is 5.82 Å². The number of rotatable bonds is 6. The molecule has 16 heavy (non-hydrogen) atoms. The Hall–Kier alpha value is -0.753. The zero-order valence-corrected chi connectivity index (χ0v) is 10.6. The highest BCUT2D eigenvalue weighted by molar-refractivity contribution is 6.59. The van der Waals surface area contributed by atoms with Crippen LogP contribution in [0.15, 0.2) is 24.3 Å². The highest BCUT2D eigenvalue weighted by atomic mass is 28.4. The van der Waals surface area contributed by atoms with E-state index in [9.17, 15) is 9.19 Å². The third-order valence-electron chi connectivity index (χ3n) is 2.51. The van der Waals surface area contributed by atoms with Gasteiger partial charge in [0.2, 0.25) is 0 Å². The van der Waals surface area contributed by atoms with Crippen molar-refractivity contribution in [2.75, 3.05) is 14.2 Å². The molecule has 5 heteroatoms. The van der Waals surface area contributed by atoms with Gasteiger partial charge < -0.3 is 13.6 Å². The van der Waals surface area contributed by atoms with Crippen molar-refractivity contribution in [2.24, 2.45) is 0 Å². The minimum absolute atomic E-state index is 0.233. The Morgan fingerprint density at radius 2 is 1.75 bits per heavy atom. The van der Waals surface area contributed by atoms with Gasteiger partial charge in [0, 0.05) is 20.3 Å². The standard InChI is InChI=1S/C11H17FO3Si/c1-14-16(13,15-2)9-3-4-10-5-7-11(12)8-6-10/h5-8,13H,3-4,9H2,1-2H3. The van der Waals surface area contributed by atoms with E-state index in [0.717, 1.165) is 18.4 Å². The van der Waals surface area contributed by atoms with Crippen LogP contribution in [0.25, 0.3) is 0 Å². The van der Waals surface area contributed by atoms with Gasteiger partial charge in [-0.3, -0.25) is 0 Å². The van der Waals surface area contributed by atoms with Gasteiger partial charge in [0.15, 0.2) is 0 Å². The molecular formula is C11H17FO3Si. The topological polar surface area (TPSA) is 38.7 Å². The average molecular weight is 244 g/mol. The summed E-state index contributed by atoms with van der Waals surface area (Å²) in [5.74, 6) is -0.233. The minimum atomic E-state index is -2.94. The zero-order chi connectivity index (χ0) is 12.0. The van der Waals surface area contributed by atoms with Crippen molar-refractivity contribution in [3.8, 4) is 0 Å². The highest BCUT2D eigenvalue weighted by Crippen LogP contribution is 2.14. The lowest BCUT2D eigenvalue weighted by atomic mass is 10.1. The molecule has 0 aliphatic carbocycles. The maximum Gasteiger partial charge on any atom is 0.497 e. The summed E-state index contributed by atoms with van der Waals surface area (Å²) in [7, 11) is -0.0322. The van der Waals surface area contributed by atoms with Gasteiger partial charge in [-0.2, -0.15) is 0 Å². The van der Waals surface area contributed by atoms with Crippen molar-refractivity contribution < 1.29 is 18.0 Å². The van der Waals surface area contributed by atoms with E-state index in [1.165, 1.54) is 26.4 Å². The zero-order valence-electron chi connectivity index (χ0n) is 9.57. The Labute approximate surface area is 96.2 Å². The van der Waals surface area contributed by atoms with Gasteiger partial charge in [-0.1, -0.05) is 12.1 Å². The van der Waals surface area contributed by atoms with Crippen LogP contribution in [0.2, 0.25) is 6.04 Å². The molecule has 90 valence electrons. The quantitative estimate of drug-likeness (QED) is 0.778. The fourth-order valence-corrected chi connectivity index (χ4v) is 2.65. The van der Waals surface area contributed by atoms with Crippen LogP contribution in [0, 0.1) is 5.82 Å². The van der Waals surface area contributed by atoms with Crippen LogP contribution in [0.5, 0.6) is 0 Å². The fourth-order valence-electron chi connectivity index (χ4n) is 1.45. The largest absolute Gasteiger partial charge is 0.497 e. The highest BCUT2D eigenvalue weighted by Gasteiger charge is 2.33. The second-order valence-electron chi connectivity index (χ2n) is 3.60. The summed E-state index contributed by atoms with van der Waals surface area (Å²) in [6.07, 6.45) is 1.54. The Balaban J connectivity index is 2.38. The fraction of sp³-hybridized carbons (Fsp3) is 0.455. The van der Waals surface area contributed by atoms with Crippen molar-refractivity contribution >= 4 is 8.80 Å². The summed E-state index contributed by atoms with van der Waals surface area (Å²) in [5.41, 5.74) is 1.05. The Kier molecular flexibility index (Phi) is 5.07. The molecule has 1 aromatic rings. The molecule has 0 spiro atoms. The van der Waals surface area contributed by atoms with E-state index < -0.39 is 8.80 Å². The molecule has 0 aromatic heterocycles. The van der Waals surface area contributed by atoms with Gasteiger partial charge in [-0.15, -0.1) is 0 Å². The van der Waals surface area contributed by atoms with E-state index in [4.69, 9.17) is 8.85 Å². The molecule has 0 amide bonds. The Bertz CT molecular complexity index is 312. The first-order valence-electron chi connectivity index (χ1n) is 5.17. The van der Waals surface area contributed by atoms with Gasteiger partial charge in [0.05, 0.1) is 0 Å². The molecular weight excluding hydrogens is 227 g/mol. The smallest absolute Gasteiger partial charge is 0.390 e. The van der Waals surface area contributed by atoms with E-state index >= 15 is 0 Å². The molecule has 0 saturated heterocycles. The van der Waals surface area contributed by atoms with Crippen LogP contribution in [0.3, 0.4) is 0 Å². The summed E-state index contributed by atoms with van der Waals surface area (Å²) >= 11 is 0. The van der Waals surface area contributed by atoms with E-state index in [1.807, 2.05) is 0 Å². The van der Waals surface area contributed by atoms with Crippen LogP contribution in [-0.2, 0) is 15.3 Å². The van der Waals surface area contributed by atoms with Crippen molar-refractivity contribution in [3.63, 3.8) is 0 Å². The first-order valence-corrected chi connectivity index (χ1v) is 7.14. The average Bonchev–Trinajstić information content (AvgIpc) is 2.31. The number of benzene rings is 1. The molecule has 0 saturated carbocycles. The second kappa shape index (κ2) is 6.10. The molecule has 0 fully saturated rings. The Morgan fingerprint density at radius 3 is 2.25 bits per heavy atom. The minimum Gasteiger partial charge on any atom is -0.390 e. The SMILES string of the molecule is CO[Si](O)(CCCc1ccc(F)cc1)OC. The summed E-state index contributed by atoms with van der Waals surface area (Å²) in [6.45, 7) is 0. The van der Waals surface area contributed by atoms with Crippen LogP contribution < -0.4 is 0 Å². The molecule has 0 heterocycles. The molecule has 0 radical (unpaired) electrons. The van der Waals surface area contributed by atoms with E-state index in [0.29, 0.717) is 6.04 Å². The first-order chi connectivity index (χ1) is 7.59. The van der Waals surface area contributed by atoms with E-state index in [2.05, 4.69) is 0 Å². The summed E-state index contributed by atoms with van der Waals surface area (Å²) in [5, 5.41) is 0. The summed E-state index contributed by atoms with van der Waals surface area (Å²) in [4.78, 5) is 9.79. The van der Waals surface area contributed by atoms with Crippen LogP contribution in [-0.4, -0.2) is 27.8 Å². The first kappa shape index (κ1) is 13.3. The number of hydrogen-bond donors (Lipinski definition) is 1. The van der Waals surface area contributed by atoms with Crippen LogP contribution in [0.4, 0.5) is 4.39 Å². The lowest BCUT2D eigenvalue weighted by Crippen LogP contribution is -2.40. The maximum atomic E-state index is 12.6. The van der Waals surface area contributed by atoms with E-state index in [1.54, 1.807) is 12.1 Å². The normalized spacial score (nSPS) is 11.8. The molecule has 3 nitrogen and oxygen atoms in total. The molecule has 0 unspecified atom stereocenters. The van der Waals surface area contributed by atoms with Crippen LogP contribution >= 0.6 is 0 Å². The third kappa shape index (κ3) is 4.01. The van der Waals surface area contributed by atoms with Crippen molar-refractivity contribution in [1.29, 1.82) is 0 Å². The predicted molar refractivity (Wildman–Crippen MR) is 61.5 cm³/mol. The molecule has 0 bridgehead atoms. The number of hydrogen-bond acceptors (Lipinski definition) is 3. The molecule has 1 N–H and O–H groups in total. The molecule has 0 atom stereocenters. The lowest BCUT2D eigenvalue weighted by molar-refractivity contribution is 0.150. The van der Waals surface area contributed by atoms with Gasteiger partial charge in [-0.05, 0) is 30.5 Å². The maximum absolute atomic E-state index is 12.6. The van der Waals surface area contributed by atoms with Crippen molar-refractivity contribution in [3.05, 3.63) is 35.6 Å². The van der Waals surface area contributed by atoms with Crippen LogP contribution in [0.1, 0.15) is 12.0 Å². The summed E-state index contributed by atoms with van der Waals surface area (Å²) < 4.78 is 22.5. The molecule has 1 aromatic carbocycles. The van der Waals surface area contributed by atoms with Crippen molar-refractivity contribution in [1.82, 2.24) is 0 Å². The predicted octanol–water partition coefficient (Wildman–Crippen LogP) is 1.98. The van der Waals surface area contributed by atoms with Gasteiger partial charge in [0.25, 0.3) is 0 Å².